The summed E-state index contributed by atoms with van der Waals surface area (Å²) < 4.78 is 10.6. The highest BCUT2D eigenvalue weighted by Crippen LogP contribution is 2.28. The van der Waals surface area contributed by atoms with E-state index in [4.69, 9.17) is 9.47 Å². The van der Waals surface area contributed by atoms with Crippen molar-refractivity contribution in [3.05, 3.63) is 59.3 Å². The van der Waals surface area contributed by atoms with Crippen LogP contribution in [0.4, 0.5) is 17.5 Å². The van der Waals surface area contributed by atoms with Crippen molar-refractivity contribution in [3.8, 4) is 11.5 Å². The smallest absolute Gasteiger partial charge is 0.244 e. The summed E-state index contributed by atoms with van der Waals surface area (Å²) >= 11 is 0. The SMILES string of the molecule is COc1ccc(CNc2nncc(Nc3c(C)cccc3C)n2)cc1OC. The van der Waals surface area contributed by atoms with Crippen molar-refractivity contribution in [2.75, 3.05) is 24.9 Å². The number of ether oxygens (including phenoxy) is 2. The van der Waals surface area contributed by atoms with Crippen LogP contribution in [0.5, 0.6) is 11.5 Å². The molecule has 1 aromatic heterocycles. The zero-order valence-corrected chi connectivity index (χ0v) is 15.9. The minimum Gasteiger partial charge on any atom is -0.493 e. The molecule has 0 spiro atoms. The van der Waals surface area contributed by atoms with Crippen molar-refractivity contribution in [1.82, 2.24) is 15.2 Å². The van der Waals surface area contributed by atoms with Gasteiger partial charge in [0.1, 0.15) is 0 Å². The lowest BCUT2D eigenvalue weighted by Gasteiger charge is -2.12. The standard InChI is InChI=1S/C20H23N5O2/c1-13-6-5-7-14(2)19(13)23-18-12-22-25-20(24-18)21-11-15-8-9-16(26-3)17(10-15)27-4/h5-10,12H,11H2,1-4H3,(H2,21,23,24,25). The van der Waals surface area contributed by atoms with Crippen LogP contribution in [0.3, 0.4) is 0 Å². The summed E-state index contributed by atoms with van der Waals surface area (Å²) in [6.07, 6.45) is 1.60. The van der Waals surface area contributed by atoms with Crippen LogP contribution in [0.25, 0.3) is 0 Å². The van der Waals surface area contributed by atoms with E-state index in [1.54, 1.807) is 20.4 Å². The van der Waals surface area contributed by atoms with Crippen LogP contribution in [-0.4, -0.2) is 29.4 Å². The average molecular weight is 365 g/mol. The van der Waals surface area contributed by atoms with Crippen LogP contribution in [-0.2, 0) is 6.54 Å². The maximum absolute atomic E-state index is 5.33. The first kappa shape index (κ1) is 18.4. The van der Waals surface area contributed by atoms with E-state index in [2.05, 4.69) is 51.8 Å². The number of hydrogen-bond donors (Lipinski definition) is 2. The quantitative estimate of drug-likeness (QED) is 0.658. The first-order chi connectivity index (χ1) is 13.1. The number of aryl methyl sites for hydroxylation is 2. The zero-order valence-electron chi connectivity index (χ0n) is 15.9. The lowest BCUT2D eigenvalue weighted by atomic mass is 10.1. The average Bonchev–Trinajstić information content (AvgIpc) is 2.69. The fourth-order valence-electron chi connectivity index (χ4n) is 2.75. The topological polar surface area (TPSA) is 81.2 Å². The molecule has 0 aliphatic rings. The van der Waals surface area contributed by atoms with E-state index in [-0.39, 0.29) is 0 Å². The second-order valence-electron chi connectivity index (χ2n) is 6.10. The van der Waals surface area contributed by atoms with Crippen molar-refractivity contribution in [1.29, 1.82) is 0 Å². The maximum Gasteiger partial charge on any atom is 0.244 e. The highest BCUT2D eigenvalue weighted by atomic mass is 16.5. The Morgan fingerprint density at radius 3 is 2.41 bits per heavy atom. The first-order valence-electron chi connectivity index (χ1n) is 8.58. The Balaban J connectivity index is 1.71. The third-order valence-corrected chi connectivity index (χ3v) is 4.19. The maximum atomic E-state index is 5.33. The Kier molecular flexibility index (Phi) is 5.71. The van der Waals surface area contributed by atoms with Crippen molar-refractivity contribution in [3.63, 3.8) is 0 Å². The zero-order chi connectivity index (χ0) is 19.2. The van der Waals surface area contributed by atoms with E-state index < -0.39 is 0 Å². The van der Waals surface area contributed by atoms with Gasteiger partial charge < -0.3 is 20.1 Å². The van der Waals surface area contributed by atoms with Crippen LogP contribution in [0.2, 0.25) is 0 Å². The molecular weight excluding hydrogens is 342 g/mol. The van der Waals surface area contributed by atoms with E-state index in [0.717, 1.165) is 22.4 Å². The van der Waals surface area contributed by atoms with Crippen LogP contribution >= 0.6 is 0 Å². The molecule has 7 nitrogen and oxygen atoms in total. The Morgan fingerprint density at radius 1 is 0.963 bits per heavy atom. The number of methoxy groups -OCH3 is 2. The Bertz CT molecular complexity index is 910. The molecule has 3 rings (SSSR count). The van der Waals surface area contributed by atoms with Gasteiger partial charge in [0.2, 0.25) is 5.95 Å². The van der Waals surface area contributed by atoms with Gasteiger partial charge in [-0.1, -0.05) is 24.3 Å². The fraction of sp³-hybridized carbons (Fsp3) is 0.250. The number of hydrogen-bond acceptors (Lipinski definition) is 7. The number of aromatic nitrogens is 3. The molecule has 2 aromatic carbocycles. The van der Waals surface area contributed by atoms with Crippen molar-refractivity contribution < 1.29 is 9.47 Å². The summed E-state index contributed by atoms with van der Waals surface area (Å²) in [6.45, 7) is 4.65. The molecule has 0 aliphatic carbocycles. The second-order valence-corrected chi connectivity index (χ2v) is 6.10. The van der Waals surface area contributed by atoms with Gasteiger partial charge >= 0.3 is 0 Å². The molecule has 0 bridgehead atoms. The van der Waals surface area contributed by atoms with E-state index >= 15 is 0 Å². The van der Waals surface area contributed by atoms with Crippen molar-refractivity contribution in [2.45, 2.75) is 20.4 Å². The number of benzene rings is 2. The summed E-state index contributed by atoms with van der Waals surface area (Å²) in [4.78, 5) is 4.49. The summed E-state index contributed by atoms with van der Waals surface area (Å²) in [7, 11) is 3.23. The molecule has 0 saturated heterocycles. The number of rotatable bonds is 7. The monoisotopic (exact) mass is 365 g/mol. The van der Waals surface area contributed by atoms with Crippen LogP contribution in [0.15, 0.2) is 42.6 Å². The van der Waals surface area contributed by atoms with Gasteiger partial charge in [-0.05, 0) is 42.7 Å². The van der Waals surface area contributed by atoms with Crippen LogP contribution in [0, 0.1) is 13.8 Å². The summed E-state index contributed by atoms with van der Waals surface area (Å²) in [6, 6.07) is 11.9. The number of anilines is 3. The minimum absolute atomic E-state index is 0.445. The van der Waals surface area contributed by atoms with Gasteiger partial charge in [0.25, 0.3) is 0 Å². The minimum atomic E-state index is 0.445. The van der Waals surface area contributed by atoms with Gasteiger partial charge in [0.15, 0.2) is 17.3 Å². The molecule has 7 heteroatoms. The summed E-state index contributed by atoms with van der Waals surface area (Å²) in [5.74, 6) is 2.46. The molecule has 0 amide bonds. The Labute approximate surface area is 158 Å². The molecule has 3 aromatic rings. The lowest BCUT2D eigenvalue weighted by molar-refractivity contribution is 0.354. The normalized spacial score (nSPS) is 10.4. The molecule has 0 unspecified atom stereocenters. The van der Waals surface area contributed by atoms with E-state index in [9.17, 15) is 0 Å². The third kappa shape index (κ3) is 4.44. The predicted octanol–water partition coefficient (Wildman–Crippen LogP) is 3.86. The molecule has 27 heavy (non-hydrogen) atoms. The number of nitrogens with zero attached hydrogens (tertiary/aromatic N) is 3. The van der Waals surface area contributed by atoms with Crippen LogP contribution in [0.1, 0.15) is 16.7 Å². The molecule has 1 heterocycles. The highest BCUT2D eigenvalue weighted by molar-refractivity contribution is 5.64. The predicted molar refractivity (Wildman–Crippen MR) is 106 cm³/mol. The molecule has 0 saturated carbocycles. The van der Waals surface area contributed by atoms with E-state index in [1.165, 1.54) is 0 Å². The molecular formula is C20H23N5O2. The van der Waals surface area contributed by atoms with E-state index in [0.29, 0.717) is 29.8 Å². The van der Waals surface area contributed by atoms with Gasteiger partial charge in [-0.15, -0.1) is 5.10 Å². The molecule has 0 fully saturated rings. The molecule has 0 radical (unpaired) electrons. The first-order valence-corrected chi connectivity index (χ1v) is 8.58. The second kappa shape index (κ2) is 8.35. The largest absolute Gasteiger partial charge is 0.493 e. The lowest BCUT2D eigenvalue weighted by Crippen LogP contribution is -2.07. The highest BCUT2D eigenvalue weighted by Gasteiger charge is 2.07. The van der Waals surface area contributed by atoms with Gasteiger partial charge in [0.05, 0.1) is 20.4 Å². The fourth-order valence-corrected chi connectivity index (χ4v) is 2.75. The molecule has 0 aliphatic heterocycles. The van der Waals surface area contributed by atoms with E-state index in [1.807, 2.05) is 24.3 Å². The van der Waals surface area contributed by atoms with Gasteiger partial charge in [-0.25, -0.2) is 0 Å². The van der Waals surface area contributed by atoms with Crippen LogP contribution < -0.4 is 20.1 Å². The van der Waals surface area contributed by atoms with Gasteiger partial charge in [0, 0.05) is 12.2 Å². The molecule has 0 atom stereocenters. The molecule has 140 valence electrons. The summed E-state index contributed by atoms with van der Waals surface area (Å²) in [5.41, 5.74) is 4.34. The third-order valence-electron chi connectivity index (χ3n) is 4.19. The van der Waals surface area contributed by atoms with Gasteiger partial charge in [-0.3, -0.25) is 0 Å². The van der Waals surface area contributed by atoms with Crippen molar-refractivity contribution >= 4 is 17.5 Å². The molecule has 2 N–H and O–H groups in total. The Hall–Kier alpha value is -3.35. The number of nitrogens with one attached hydrogen (secondary N) is 2. The summed E-state index contributed by atoms with van der Waals surface area (Å²) in [5, 5.41) is 14.6. The Morgan fingerprint density at radius 2 is 1.70 bits per heavy atom. The van der Waals surface area contributed by atoms with Crippen molar-refractivity contribution in [2.24, 2.45) is 0 Å². The number of para-hydroxylation sites is 1. The van der Waals surface area contributed by atoms with Gasteiger partial charge in [-0.2, -0.15) is 10.1 Å².